The van der Waals surface area contributed by atoms with Crippen LogP contribution in [0.5, 0.6) is 11.5 Å². The summed E-state index contributed by atoms with van der Waals surface area (Å²) in [7, 11) is 5.47. The lowest BCUT2D eigenvalue weighted by molar-refractivity contribution is -0.134. The van der Waals surface area contributed by atoms with Crippen LogP contribution in [0.15, 0.2) is 24.3 Å². The van der Waals surface area contributed by atoms with Crippen LogP contribution in [-0.4, -0.2) is 75.6 Å². The molecule has 0 heterocycles. The van der Waals surface area contributed by atoms with Gasteiger partial charge in [0.15, 0.2) is 0 Å². The zero-order valence-corrected chi connectivity index (χ0v) is 14.9. The molecule has 0 atom stereocenters. The first-order valence-electron chi connectivity index (χ1n) is 7.86. The summed E-state index contributed by atoms with van der Waals surface area (Å²) in [5, 5.41) is 2.79. The monoisotopic (exact) mass is 337 g/mol. The van der Waals surface area contributed by atoms with Crippen LogP contribution in [0.3, 0.4) is 0 Å². The van der Waals surface area contributed by atoms with Crippen molar-refractivity contribution in [2.24, 2.45) is 0 Å². The van der Waals surface area contributed by atoms with Gasteiger partial charge >= 0.3 is 0 Å². The number of hydrogen-bond acceptors (Lipinski definition) is 5. The van der Waals surface area contributed by atoms with E-state index in [9.17, 15) is 9.59 Å². The number of amides is 2. The summed E-state index contributed by atoms with van der Waals surface area (Å²) in [6.07, 6.45) is 0. The predicted octanol–water partition coefficient (Wildman–Crippen LogP) is 0.600. The maximum Gasteiger partial charge on any atom is 0.239 e. The van der Waals surface area contributed by atoms with Gasteiger partial charge < -0.3 is 24.6 Å². The van der Waals surface area contributed by atoms with Gasteiger partial charge in [-0.15, -0.1) is 0 Å². The van der Waals surface area contributed by atoms with Crippen LogP contribution < -0.4 is 14.8 Å². The van der Waals surface area contributed by atoms with Crippen molar-refractivity contribution in [3.63, 3.8) is 0 Å². The molecule has 0 bridgehead atoms. The standard InChI is InChI=1S/C17H27N3O4/c1-14(21)20(13-17(22)18-9-10-19(2)3)11-12-24-16-7-5-15(23-4)6-8-16/h5-8H,9-13H2,1-4H3,(H,18,22). The Labute approximate surface area is 143 Å². The smallest absolute Gasteiger partial charge is 0.239 e. The van der Waals surface area contributed by atoms with Crippen molar-refractivity contribution in [3.05, 3.63) is 24.3 Å². The Bertz CT molecular complexity index is 517. The quantitative estimate of drug-likeness (QED) is 0.677. The van der Waals surface area contributed by atoms with E-state index >= 15 is 0 Å². The molecule has 0 aromatic heterocycles. The summed E-state index contributed by atoms with van der Waals surface area (Å²) < 4.78 is 10.7. The van der Waals surface area contributed by atoms with Gasteiger partial charge in [-0.2, -0.15) is 0 Å². The zero-order chi connectivity index (χ0) is 17.9. The summed E-state index contributed by atoms with van der Waals surface area (Å²) in [5.41, 5.74) is 0. The van der Waals surface area contributed by atoms with Crippen LogP contribution in [0.25, 0.3) is 0 Å². The number of carbonyl (C=O) groups is 2. The summed E-state index contributed by atoms with van der Waals surface area (Å²) in [6.45, 7) is 3.46. The molecule has 1 aromatic carbocycles. The van der Waals surface area contributed by atoms with Crippen LogP contribution in [0, 0.1) is 0 Å². The molecule has 7 heteroatoms. The first-order valence-corrected chi connectivity index (χ1v) is 7.86. The number of ether oxygens (including phenoxy) is 2. The SMILES string of the molecule is COc1ccc(OCCN(CC(=O)NCCN(C)C)C(C)=O)cc1. The van der Waals surface area contributed by atoms with Gasteiger partial charge in [-0.05, 0) is 38.4 Å². The molecule has 1 rings (SSSR count). The summed E-state index contributed by atoms with van der Waals surface area (Å²) in [4.78, 5) is 27.0. The third-order valence-corrected chi connectivity index (χ3v) is 3.35. The van der Waals surface area contributed by atoms with Crippen molar-refractivity contribution in [1.82, 2.24) is 15.1 Å². The van der Waals surface area contributed by atoms with E-state index < -0.39 is 0 Å². The van der Waals surface area contributed by atoms with E-state index in [0.717, 1.165) is 12.3 Å². The Hall–Kier alpha value is -2.28. The molecule has 0 saturated carbocycles. The Kier molecular flexibility index (Phi) is 8.64. The molecule has 0 unspecified atom stereocenters. The summed E-state index contributed by atoms with van der Waals surface area (Å²) >= 11 is 0. The second-order valence-electron chi connectivity index (χ2n) is 5.62. The lowest BCUT2D eigenvalue weighted by Gasteiger charge is -2.21. The molecule has 24 heavy (non-hydrogen) atoms. The molecular weight excluding hydrogens is 310 g/mol. The second-order valence-corrected chi connectivity index (χ2v) is 5.62. The molecule has 134 valence electrons. The Morgan fingerprint density at radius 2 is 1.71 bits per heavy atom. The molecule has 1 aromatic rings. The Morgan fingerprint density at radius 1 is 1.08 bits per heavy atom. The highest BCUT2D eigenvalue weighted by atomic mass is 16.5. The number of carbonyl (C=O) groups excluding carboxylic acids is 2. The fourth-order valence-electron chi connectivity index (χ4n) is 1.94. The molecule has 0 aliphatic rings. The molecule has 0 fully saturated rings. The number of rotatable bonds is 10. The van der Waals surface area contributed by atoms with E-state index in [0.29, 0.717) is 25.4 Å². The molecular formula is C17H27N3O4. The lowest BCUT2D eigenvalue weighted by atomic mass is 10.3. The number of benzene rings is 1. The third-order valence-electron chi connectivity index (χ3n) is 3.35. The van der Waals surface area contributed by atoms with Gasteiger partial charge in [-0.25, -0.2) is 0 Å². The summed E-state index contributed by atoms with van der Waals surface area (Å²) in [6, 6.07) is 7.20. The molecule has 1 N–H and O–H groups in total. The average Bonchev–Trinajstić information content (AvgIpc) is 2.54. The van der Waals surface area contributed by atoms with Gasteiger partial charge in [-0.3, -0.25) is 9.59 Å². The first kappa shape index (κ1) is 19.8. The first-order chi connectivity index (χ1) is 11.4. The van der Waals surface area contributed by atoms with E-state index in [1.807, 2.05) is 19.0 Å². The minimum Gasteiger partial charge on any atom is -0.497 e. The van der Waals surface area contributed by atoms with Crippen molar-refractivity contribution in [3.8, 4) is 11.5 Å². The molecule has 7 nitrogen and oxygen atoms in total. The minimum atomic E-state index is -0.170. The Balaban J connectivity index is 2.36. The molecule has 0 radical (unpaired) electrons. The maximum atomic E-state index is 11.9. The minimum absolute atomic E-state index is 0.0364. The lowest BCUT2D eigenvalue weighted by Crippen LogP contribution is -2.43. The molecule has 2 amide bonds. The van der Waals surface area contributed by atoms with E-state index in [-0.39, 0.29) is 18.4 Å². The maximum absolute atomic E-state index is 11.9. The predicted molar refractivity (Wildman–Crippen MR) is 92.3 cm³/mol. The van der Waals surface area contributed by atoms with E-state index in [1.165, 1.54) is 11.8 Å². The zero-order valence-electron chi connectivity index (χ0n) is 14.9. The third kappa shape index (κ3) is 7.82. The van der Waals surface area contributed by atoms with Crippen LogP contribution in [0.2, 0.25) is 0 Å². The van der Waals surface area contributed by atoms with Gasteiger partial charge in [0.05, 0.1) is 20.2 Å². The highest BCUT2D eigenvalue weighted by molar-refractivity contribution is 5.83. The van der Waals surface area contributed by atoms with Crippen molar-refractivity contribution < 1.29 is 19.1 Å². The van der Waals surface area contributed by atoms with Crippen molar-refractivity contribution in [2.45, 2.75) is 6.92 Å². The van der Waals surface area contributed by atoms with Gasteiger partial charge in [-0.1, -0.05) is 0 Å². The summed E-state index contributed by atoms with van der Waals surface area (Å²) in [5.74, 6) is 1.12. The number of methoxy groups -OCH3 is 1. The topological polar surface area (TPSA) is 71.1 Å². The average molecular weight is 337 g/mol. The highest BCUT2D eigenvalue weighted by Crippen LogP contribution is 2.16. The number of nitrogens with one attached hydrogen (secondary N) is 1. The van der Waals surface area contributed by atoms with Crippen molar-refractivity contribution in [1.29, 1.82) is 0 Å². The Morgan fingerprint density at radius 3 is 2.25 bits per heavy atom. The number of nitrogens with zero attached hydrogens (tertiary/aromatic N) is 2. The largest absolute Gasteiger partial charge is 0.497 e. The number of hydrogen-bond donors (Lipinski definition) is 1. The fraction of sp³-hybridized carbons (Fsp3) is 0.529. The van der Waals surface area contributed by atoms with Crippen LogP contribution in [0.4, 0.5) is 0 Å². The second kappa shape index (κ2) is 10.5. The molecule has 0 aliphatic carbocycles. The normalized spacial score (nSPS) is 10.4. The van der Waals surface area contributed by atoms with E-state index in [1.54, 1.807) is 31.4 Å². The van der Waals surface area contributed by atoms with Gasteiger partial charge in [0.1, 0.15) is 18.1 Å². The molecule has 0 saturated heterocycles. The van der Waals surface area contributed by atoms with Crippen LogP contribution >= 0.6 is 0 Å². The van der Waals surface area contributed by atoms with Gasteiger partial charge in [0, 0.05) is 20.0 Å². The fourth-order valence-corrected chi connectivity index (χ4v) is 1.94. The molecule has 0 aliphatic heterocycles. The number of likely N-dealkylation sites (N-methyl/N-ethyl adjacent to an activating group) is 1. The van der Waals surface area contributed by atoms with Crippen molar-refractivity contribution in [2.75, 3.05) is 54.0 Å². The van der Waals surface area contributed by atoms with Crippen molar-refractivity contribution >= 4 is 11.8 Å². The van der Waals surface area contributed by atoms with Crippen LogP contribution in [0.1, 0.15) is 6.92 Å². The van der Waals surface area contributed by atoms with E-state index in [4.69, 9.17) is 9.47 Å². The van der Waals surface area contributed by atoms with E-state index in [2.05, 4.69) is 5.32 Å². The highest BCUT2D eigenvalue weighted by Gasteiger charge is 2.13. The van der Waals surface area contributed by atoms with Gasteiger partial charge in [0.2, 0.25) is 11.8 Å². The van der Waals surface area contributed by atoms with Gasteiger partial charge in [0.25, 0.3) is 0 Å². The van der Waals surface area contributed by atoms with Crippen LogP contribution in [-0.2, 0) is 9.59 Å². The molecule has 0 spiro atoms.